The van der Waals surface area contributed by atoms with E-state index in [4.69, 9.17) is 15.2 Å². The summed E-state index contributed by atoms with van der Waals surface area (Å²) >= 11 is 0. The minimum absolute atomic E-state index is 0.158. The molecular weight excluding hydrogens is 214 g/mol. The maximum absolute atomic E-state index is 5.67. The summed E-state index contributed by atoms with van der Waals surface area (Å²) in [5, 5.41) is 0. The molecule has 1 atom stereocenters. The molecule has 1 aliphatic heterocycles. The first-order valence-electron chi connectivity index (χ1n) is 6.15. The molecule has 0 aromatic heterocycles. The van der Waals surface area contributed by atoms with Crippen LogP contribution in [-0.2, 0) is 10.2 Å². The molecule has 1 aliphatic rings. The highest BCUT2D eigenvalue weighted by molar-refractivity contribution is 5.34. The van der Waals surface area contributed by atoms with Crippen LogP contribution in [-0.4, -0.2) is 26.9 Å². The Hall–Kier alpha value is -1.06. The summed E-state index contributed by atoms with van der Waals surface area (Å²) in [7, 11) is 1.69. The molecule has 2 rings (SSSR count). The molecule has 0 saturated carbocycles. The lowest BCUT2D eigenvalue weighted by atomic mass is 9.68. The Balaban J connectivity index is 2.21. The van der Waals surface area contributed by atoms with Crippen LogP contribution < -0.4 is 10.5 Å². The molecule has 0 spiro atoms. The van der Waals surface area contributed by atoms with E-state index < -0.39 is 0 Å². The van der Waals surface area contributed by atoms with Gasteiger partial charge >= 0.3 is 0 Å². The summed E-state index contributed by atoms with van der Waals surface area (Å²) < 4.78 is 10.6. The fourth-order valence-corrected chi connectivity index (χ4v) is 2.51. The number of nitrogens with two attached hydrogens (primary N) is 1. The quantitative estimate of drug-likeness (QED) is 0.848. The Morgan fingerprint density at radius 3 is 2.41 bits per heavy atom. The van der Waals surface area contributed by atoms with Crippen molar-refractivity contribution in [2.75, 3.05) is 26.9 Å². The van der Waals surface area contributed by atoms with Crippen LogP contribution in [0, 0.1) is 5.92 Å². The third-order valence-corrected chi connectivity index (χ3v) is 3.93. The highest BCUT2D eigenvalue weighted by atomic mass is 16.5. The van der Waals surface area contributed by atoms with Crippen LogP contribution in [0.2, 0.25) is 0 Å². The standard InChI is InChI=1S/C14H21NO2/c1-11(7-8-15)14(9-17-10-14)12-3-5-13(16-2)6-4-12/h3-6,11H,7-10,15H2,1-2H3. The molecule has 17 heavy (non-hydrogen) atoms. The van der Waals surface area contributed by atoms with E-state index in [0.717, 1.165) is 31.9 Å². The minimum atomic E-state index is 0.158. The number of hydrogen-bond acceptors (Lipinski definition) is 3. The van der Waals surface area contributed by atoms with Gasteiger partial charge in [0.15, 0.2) is 0 Å². The molecule has 2 N–H and O–H groups in total. The normalized spacial score (nSPS) is 19.5. The maximum Gasteiger partial charge on any atom is 0.118 e. The van der Waals surface area contributed by atoms with Crippen LogP contribution in [0.15, 0.2) is 24.3 Å². The molecule has 3 nitrogen and oxygen atoms in total. The molecule has 0 amide bonds. The van der Waals surface area contributed by atoms with Crippen molar-refractivity contribution in [3.8, 4) is 5.75 Å². The average molecular weight is 235 g/mol. The minimum Gasteiger partial charge on any atom is -0.497 e. The smallest absolute Gasteiger partial charge is 0.118 e. The van der Waals surface area contributed by atoms with E-state index in [1.165, 1.54) is 5.56 Å². The summed E-state index contributed by atoms with van der Waals surface area (Å²) in [4.78, 5) is 0. The van der Waals surface area contributed by atoms with Gasteiger partial charge in [-0.3, -0.25) is 0 Å². The monoisotopic (exact) mass is 235 g/mol. The van der Waals surface area contributed by atoms with E-state index in [1.807, 2.05) is 12.1 Å². The lowest BCUT2D eigenvalue weighted by molar-refractivity contribution is -0.0883. The Morgan fingerprint density at radius 2 is 2.00 bits per heavy atom. The molecular formula is C14H21NO2. The van der Waals surface area contributed by atoms with Crippen molar-refractivity contribution in [3.63, 3.8) is 0 Å². The first-order valence-corrected chi connectivity index (χ1v) is 6.15. The van der Waals surface area contributed by atoms with E-state index in [9.17, 15) is 0 Å². The molecule has 0 aliphatic carbocycles. The molecule has 0 bridgehead atoms. The summed E-state index contributed by atoms with van der Waals surface area (Å²) in [6.07, 6.45) is 1.04. The van der Waals surface area contributed by atoms with Crippen LogP contribution in [0.25, 0.3) is 0 Å². The van der Waals surface area contributed by atoms with E-state index in [2.05, 4.69) is 19.1 Å². The first-order chi connectivity index (χ1) is 8.23. The topological polar surface area (TPSA) is 44.5 Å². The van der Waals surface area contributed by atoms with Crippen LogP contribution in [0.4, 0.5) is 0 Å². The van der Waals surface area contributed by atoms with E-state index in [0.29, 0.717) is 5.92 Å². The number of benzene rings is 1. The third kappa shape index (κ3) is 2.17. The zero-order valence-corrected chi connectivity index (χ0v) is 10.6. The SMILES string of the molecule is COc1ccc(C2(C(C)CCN)COC2)cc1. The van der Waals surface area contributed by atoms with Gasteiger partial charge in [-0.2, -0.15) is 0 Å². The van der Waals surface area contributed by atoms with Crippen molar-refractivity contribution in [2.24, 2.45) is 11.7 Å². The second-order valence-electron chi connectivity index (χ2n) is 4.86. The molecule has 94 valence electrons. The van der Waals surface area contributed by atoms with Gasteiger partial charge in [-0.15, -0.1) is 0 Å². The molecule has 1 saturated heterocycles. The van der Waals surface area contributed by atoms with Gasteiger partial charge in [0, 0.05) is 5.41 Å². The predicted octanol–water partition coefficient (Wildman–Crippen LogP) is 1.95. The van der Waals surface area contributed by atoms with Gasteiger partial charge in [-0.25, -0.2) is 0 Å². The van der Waals surface area contributed by atoms with E-state index in [1.54, 1.807) is 7.11 Å². The average Bonchev–Trinajstić information content (AvgIpc) is 2.29. The van der Waals surface area contributed by atoms with Gasteiger partial charge in [0.25, 0.3) is 0 Å². The fraction of sp³-hybridized carbons (Fsp3) is 0.571. The Labute approximate surface area is 103 Å². The highest BCUT2D eigenvalue weighted by Gasteiger charge is 2.44. The lowest BCUT2D eigenvalue weighted by Crippen LogP contribution is -2.52. The second-order valence-corrected chi connectivity index (χ2v) is 4.86. The van der Waals surface area contributed by atoms with Gasteiger partial charge in [-0.1, -0.05) is 19.1 Å². The van der Waals surface area contributed by atoms with E-state index >= 15 is 0 Å². The maximum atomic E-state index is 5.67. The zero-order chi connectivity index (χ0) is 12.3. The van der Waals surface area contributed by atoms with Crippen molar-refractivity contribution in [2.45, 2.75) is 18.8 Å². The predicted molar refractivity (Wildman–Crippen MR) is 68.3 cm³/mol. The summed E-state index contributed by atoms with van der Waals surface area (Å²) in [5.74, 6) is 1.45. The molecule has 1 aromatic carbocycles. The highest BCUT2D eigenvalue weighted by Crippen LogP contribution is 2.41. The molecule has 1 aromatic rings. The first kappa shape index (κ1) is 12.4. The number of hydrogen-bond donors (Lipinski definition) is 1. The molecule has 1 fully saturated rings. The van der Waals surface area contributed by atoms with Gasteiger partial charge in [0.2, 0.25) is 0 Å². The number of ether oxygens (including phenoxy) is 2. The molecule has 1 heterocycles. The molecule has 0 radical (unpaired) electrons. The van der Waals surface area contributed by atoms with Crippen molar-refractivity contribution in [1.82, 2.24) is 0 Å². The van der Waals surface area contributed by atoms with Crippen LogP contribution >= 0.6 is 0 Å². The van der Waals surface area contributed by atoms with Gasteiger partial charge in [-0.05, 0) is 36.6 Å². The number of methoxy groups -OCH3 is 1. The lowest BCUT2D eigenvalue weighted by Gasteiger charge is -2.46. The second kappa shape index (κ2) is 5.07. The van der Waals surface area contributed by atoms with Gasteiger partial charge < -0.3 is 15.2 Å². The van der Waals surface area contributed by atoms with Crippen LogP contribution in [0.3, 0.4) is 0 Å². The van der Waals surface area contributed by atoms with Gasteiger partial charge in [0.05, 0.1) is 20.3 Å². The van der Waals surface area contributed by atoms with Gasteiger partial charge in [0.1, 0.15) is 5.75 Å². The third-order valence-electron chi connectivity index (χ3n) is 3.93. The molecule has 1 unspecified atom stereocenters. The number of rotatable bonds is 5. The van der Waals surface area contributed by atoms with Crippen molar-refractivity contribution in [3.05, 3.63) is 29.8 Å². The fourth-order valence-electron chi connectivity index (χ4n) is 2.51. The van der Waals surface area contributed by atoms with Crippen molar-refractivity contribution < 1.29 is 9.47 Å². The van der Waals surface area contributed by atoms with Crippen LogP contribution in [0.5, 0.6) is 5.75 Å². The van der Waals surface area contributed by atoms with Crippen LogP contribution in [0.1, 0.15) is 18.9 Å². The summed E-state index contributed by atoms with van der Waals surface area (Å²) in [6, 6.07) is 8.33. The van der Waals surface area contributed by atoms with E-state index in [-0.39, 0.29) is 5.41 Å². The largest absolute Gasteiger partial charge is 0.497 e. The molecule has 3 heteroatoms. The zero-order valence-electron chi connectivity index (χ0n) is 10.6. The summed E-state index contributed by atoms with van der Waals surface area (Å²) in [6.45, 7) is 4.61. The Bertz CT molecular complexity index is 357. The van der Waals surface area contributed by atoms with Crippen molar-refractivity contribution >= 4 is 0 Å². The summed E-state index contributed by atoms with van der Waals surface area (Å²) in [5.41, 5.74) is 7.16. The Morgan fingerprint density at radius 1 is 1.35 bits per heavy atom. The van der Waals surface area contributed by atoms with Crippen molar-refractivity contribution in [1.29, 1.82) is 0 Å². The Kier molecular flexibility index (Phi) is 3.69.